The van der Waals surface area contributed by atoms with Crippen molar-refractivity contribution in [2.24, 2.45) is 7.05 Å². The third-order valence-corrected chi connectivity index (χ3v) is 3.24. The van der Waals surface area contributed by atoms with Gasteiger partial charge in [-0.25, -0.2) is 0 Å². The van der Waals surface area contributed by atoms with Gasteiger partial charge in [-0.2, -0.15) is 5.10 Å². The van der Waals surface area contributed by atoms with E-state index < -0.39 is 0 Å². The maximum Gasteiger partial charge on any atom is 0.248 e. The summed E-state index contributed by atoms with van der Waals surface area (Å²) >= 11 is 0. The highest BCUT2D eigenvalue weighted by molar-refractivity contribution is 6.07. The number of aryl methyl sites for hydroxylation is 3. The van der Waals surface area contributed by atoms with Crippen LogP contribution in [0.5, 0.6) is 0 Å². The van der Waals surface area contributed by atoms with Gasteiger partial charge >= 0.3 is 0 Å². The minimum atomic E-state index is -0.183. The van der Waals surface area contributed by atoms with Crippen LogP contribution in [0, 0.1) is 13.8 Å². The van der Waals surface area contributed by atoms with Crippen molar-refractivity contribution in [2.75, 3.05) is 0 Å². The van der Waals surface area contributed by atoms with Crippen molar-refractivity contribution in [3.63, 3.8) is 0 Å². The fourth-order valence-electron chi connectivity index (χ4n) is 2.07. The van der Waals surface area contributed by atoms with Crippen LogP contribution in [0.1, 0.15) is 27.5 Å². The highest BCUT2D eigenvalue weighted by atomic mass is 16.3. The molecule has 0 fully saturated rings. The van der Waals surface area contributed by atoms with Gasteiger partial charge < -0.3 is 4.42 Å². The lowest BCUT2D eigenvalue weighted by molar-refractivity contribution is 0.101. The molecule has 2 aromatic heterocycles. The lowest BCUT2D eigenvalue weighted by atomic mass is 10.1. The zero-order valence-electron chi connectivity index (χ0n) is 11.1. The van der Waals surface area contributed by atoms with Crippen molar-refractivity contribution in [3.8, 4) is 0 Å². The molecule has 3 aromatic rings. The number of carbonyl (C=O) groups excluding carboxylic acids is 1. The van der Waals surface area contributed by atoms with Crippen LogP contribution in [0.4, 0.5) is 0 Å². The van der Waals surface area contributed by atoms with Crippen molar-refractivity contribution < 1.29 is 9.21 Å². The second-order valence-corrected chi connectivity index (χ2v) is 4.78. The van der Waals surface area contributed by atoms with Gasteiger partial charge in [0.15, 0.2) is 5.76 Å². The predicted molar refractivity (Wildman–Crippen MR) is 72.3 cm³/mol. The molecule has 0 saturated carbocycles. The van der Waals surface area contributed by atoms with Crippen molar-refractivity contribution in [1.29, 1.82) is 0 Å². The second kappa shape index (κ2) is 4.09. The first-order valence-electron chi connectivity index (χ1n) is 6.10. The quantitative estimate of drug-likeness (QED) is 0.660. The molecule has 0 aliphatic rings. The smallest absolute Gasteiger partial charge is 0.248 e. The lowest BCUT2D eigenvalue weighted by Crippen LogP contribution is -2.01. The molecular weight excluding hydrogens is 240 g/mol. The van der Waals surface area contributed by atoms with Gasteiger partial charge in [0.05, 0.1) is 0 Å². The topological polar surface area (TPSA) is 48.0 Å². The van der Waals surface area contributed by atoms with E-state index in [-0.39, 0.29) is 5.78 Å². The molecule has 0 atom stereocenters. The van der Waals surface area contributed by atoms with Crippen molar-refractivity contribution in [3.05, 3.63) is 53.0 Å². The number of nitrogens with zero attached hydrogens (tertiary/aromatic N) is 2. The standard InChI is InChI=1S/C15H14N2O2/c1-9-4-5-13-11(6-9)8-14(19-13)15(18)12-7-10(2)17(3)16-12/h4-8H,1-3H3. The van der Waals surface area contributed by atoms with E-state index in [0.717, 1.165) is 22.2 Å². The summed E-state index contributed by atoms with van der Waals surface area (Å²) < 4.78 is 7.27. The number of aromatic nitrogens is 2. The van der Waals surface area contributed by atoms with Crippen LogP contribution in [0.3, 0.4) is 0 Å². The summed E-state index contributed by atoms with van der Waals surface area (Å²) in [5, 5.41) is 5.12. The van der Waals surface area contributed by atoms with Gasteiger partial charge in [0.1, 0.15) is 11.3 Å². The molecule has 96 valence electrons. The fourth-order valence-corrected chi connectivity index (χ4v) is 2.07. The van der Waals surface area contributed by atoms with Crippen LogP contribution >= 0.6 is 0 Å². The third-order valence-electron chi connectivity index (χ3n) is 3.24. The van der Waals surface area contributed by atoms with Gasteiger partial charge in [0.25, 0.3) is 0 Å². The number of rotatable bonds is 2. The molecule has 0 amide bonds. The van der Waals surface area contributed by atoms with Crippen LogP contribution in [0.25, 0.3) is 11.0 Å². The molecule has 4 heteroatoms. The molecule has 0 aliphatic carbocycles. The molecule has 3 rings (SSSR count). The van der Waals surface area contributed by atoms with E-state index in [1.54, 1.807) is 16.8 Å². The van der Waals surface area contributed by atoms with Gasteiger partial charge in [-0.05, 0) is 38.1 Å². The SMILES string of the molecule is Cc1ccc2oc(C(=O)c3cc(C)n(C)n3)cc2c1. The summed E-state index contributed by atoms with van der Waals surface area (Å²) in [6, 6.07) is 9.38. The fraction of sp³-hybridized carbons (Fsp3) is 0.200. The van der Waals surface area contributed by atoms with E-state index in [0.29, 0.717) is 11.5 Å². The molecule has 0 N–H and O–H groups in total. The number of ketones is 1. The molecule has 19 heavy (non-hydrogen) atoms. The van der Waals surface area contributed by atoms with Crippen LogP contribution in [-0.4, -0.2) is 15.6 Å². The Hall–Kier alpha value is -2.36. The van der Waals surface area contributed by atoms with E-state index in [9.17, 15) is 4.79 Å². The van der Waals surface area contributed by atoms with E-state index >= 15 is 0 Å². The Bertz CT molecular complexity index is 761. The zero-order valence-corrected chi connectivity index (χ0v) is 11.1. The molecular formula is C15H14N2O2. The number of fused-ring (bicyclic) bond motifs is 1. The van der Waals surface area contributed by atoms with Crippen LogP contribution in [-0.2, 0) is 7.05 Å². The first-order valence-corrected chi connectivity index (χ1v) is 6.10. The number of hydrogen-bond acceptors (Lipinski definition) is 3. The van der Waals surface area contributed by atoms with Crippen LogP contribution in [0.2, 0.25) is 0 Å². The lowest BCUT2D eigenvalue weighted by Gasteiger charge is -1.91. The summed E-state index contributed by atoms with van der Waals surface area (Å²) in [5.74, 6) is 0.149. The second-order valence-electron chi connectivity index (χ2n) is 4.78. The summed E-state index contributed by atoms with van der Waals surface area (Å²) in [4.78, 5) is 12.3. The normalized spacial score (nSPS) is 11.1. The monoisotopic (exact) mass is 254 g/mol. The summed E-state index contributed by atoms with van der Waals surface area (Å²) in [6.45, 7) is 3.92. The average Bonchev–Trinajstić information content (AvgIpc) is 2.92. The highest BCUT2D eigenvalue weighted by Gasteiger charge is 2.18. The predicted octanol–water partition coefficient (Wildman–Crippen LogP) is 3.01. The molecule has 0 radical (unpaired) electrons. The number of carbonyl (C=O) groups is 1. The molecule has 0 spiro atoms. The van der Waals surface area contributed by atoms with E-state index in [2.05, 4.69) is 5.10 Å². The largest absolute Gasteiger partial charge is 0.453 e. The first kappa shape index (κ1) is 11.7. The minimum Gasteiger partial charge on any atom is -0.453 e. The van der Waals surface area contributed by atoms with E-state index in [1.165, 1.54) is 0 Å². The molecule has 2 heterocycles. The maximum absolute atomic E-state index is 12.3. The summed E-state index contributed by atoms with van der Waals surface area (Å²) in [5.41, 5.74) is 3.22. The van der Waals surface area contributed by atoms with E-state index in [4.69, 9.17) is 4.42 Å². The third kappa shape index (κ3) is 1.95. The zero-order chi connectivity index (χ0) is 13.6. The highest BCUT2D eigenvalue weighted by Crippen LogP contribution is 2.22. The van der Waals surface area contributed by atoms with Crippen molar-refractivity contribution in [1.82, 2.24) is 9.78 Å². The Morgan fingerprint density at radius 3 is 2.68 bits per heavy atom. The van der Waals surface area contributed by atoms with Gasteiger partial charge in [-0.15, -0.1) is 0 Å². The van der Waals surface area contributed by atoms with Crippen molar-refractivity contribution >= 4 is 16.8 Å². The van der Waals surface area contributed by atoms with E-state index in [1.807, 2.05) is 39.1 Å². The summed E-state index contributed by atoms with van der Waals surface area (Å²) in [7, 11) is 1.81. The Morgan fingerprint density at radius 1 is 1.21 bits per heavy atom. The van der Waals surface area contributed by atoms with Crippen molar-refractivity contribution in [2.45, 2.75) is 13.8 Å². The molecule has 0 bridgehead atoms. The Balaban J connectivity index is 2.06. The Labute approximate surface area is 110 Å². The minimum absolute atomic E-state index is 0.183. The molecule has 4 nitrogen and oxygen atoms in total. The Kier molecular flexibility index (Phi) is 2.52. The molecule has 0 saturated heterocycles. The number of furan rings is 1. The van der Waals surface area contributed by atoms with Crippen LogP contribution in [0.15, 0.2) is 34.7 Å². The number of benzene rings is 1. The molecule has 0 unspecified atom stereocenters. The molecule has 1 aromatic carbocycles. The number of hydrogen-bond donors (Lipinski definition) is 0. The van der Waals surface area contributed by atoms with Gasteiger partial charge in [-0.1, -0.05) is 11.6 Å². The molecule has 0 aliphatic heterocycles. The average molecular weight is 254 g/mol. The Morgan fingerprint density at radius 2 is 2.00 bits per heavy atom. The van der Waals surface area contributed by atoms with Gasteiger partial charge in [0.2, 0.25) is 5.78 Å². The van der Waals surface area contributed by atoms with Crippen LogP contribution < -0.4 is 0 Å². The maximum atomic E-state index is 12.3. The summed E-state index contributed by atoms with van der Waals surface area (Å²) in [6.07, 6.45) is 0. The van der Waals surface area contributed by atoms with Gasteiger partial charge in [0, 0.05) is 18.1 Å². The first-order chi connectivity index (χ1) is 9.04. The van der Waals surface area contributed by atoms with Gasteiger partial charge in [-0.3, -0.25) is 9.48 Å².